The summed E-state index contributed by atoms with van der Waals surface area (Å²) in [5, 5.41) is 14.7. The number of rotatable bonds is 4. The molecule has 1 aliphatic heterocycles. The van der Waals surface area contributed by atoms with Gasteiger partial charge in [-0.15, -0.1) is 24.8 Å². The van der Waals surface area contributed by atoms with Gasteiger partial charge in [-0.3, -0.25) is 9.48 Å². The number of amides is 1. The lowest BCUT2D eigenvalue weighted by atomic mass is 9.90. The molecule has 1 amide bonds. The minimum absolute atomic E-state index is 0. The van der Waals surface area contributed by atoms with Crippen LogP contribution in [0.1, 0.15) is 11.5 Å². The average molecular weight is 410 g/mol. The van der Waals surface area contributed by atoms with Gasteiger partial charge in [0.1, 0.15) is 0 Å². The third-order valence-electron chi connectivity index (χ3n) is 4.47. The lowest BCUT2D eigenvalue weighted by Gasteiger charge is -2.18. The SMILES string of the molecule is Cl.Cl.Cn1cc([C@H]2CNC[C@@H]2C(=O)Nc2cccnc2-n2cccn2)cn1. The second-order valence-corrected chi connectivity index (χ2v) is 6.13. The second kappa shape index (κ2) is 8.98. The smallest absolute Gasteiger partial charge is 0.229 e. The summed E-state index contributed by atoms with van der Waals surface area (Å²) in [4.78, 5) is 17.2. The lowest BCUT2D eigenvalue weighted by Crippen LogP contribution is -2.28. The van der Waals surface area contributed by atoms with Crippen LogP contribution in [-0.4, -0.2) is 43.5 Å². The molecular formula is C17H21Cl2N7O. The van der Waals surface area contributed by atoms with Gasteiger partial charge in [0, 0.05) is 50.8 Å². The monoisotopic (exact) mass is 409 g/mol. The first-order valence-electron chi connectivity index (χ1n) is 8.17. The highest BCUT2D eigenvalue weighted by atomic mass is 35.5. The lowest BCUT2D eigenvalue weighted by molar-refractivity contribution is -0.119. The molecule has 3 aromatic heterocycles. The van der Waals surface area contributed by atoms with Gasteiger partial charge in [-0.25, -0.2) is 9.67 Å². The van der Waals surface area contributed by atoms with E-state index in [0.717, 1.165) is 12.1 Å². The van der Waals surface area contributed by atoms with Crippen molar-refractivity contribution in [2.45, 2.75) is 5.92 Å². The van der Waals surface area contributed by atoms with Gasteiger partial charge in [-0.1, -0.05) is 0 Å². The summed E-state index contributed by atoms with van der Waals surface area (Å²) in [6, 6.07) is 5.46. The molecule has 3 aromatic rings. The largest absolute Gasteiger partial charge is 0.323 e. The predicted octanol–water partition coefficient (Wildman–Crippen LogP) is 1.79. The van der Waals surface area contributed by atoms with Crippen LogP contribution in [0.25, 0.3) is 5.82 Å². The first kappa shape index (κ1) is 20.9. The number of hydrogen-bond acceptors (Lipinski definition) is 5. The molecule has 4 rings (SSSR count). The molecule has 0 spiro atoms. The Morgan fingerprint density at radius 1 is 1.22 bits per heavy atom. The zero-order valence-electron chi connectivity index (χ0n) is 14.6. The molecule has 1 fully saturated rings. The Balaban J connectivity index is 0.00000131. The topological polar surface area (TPSA) is 89.7 Å². The molecule has 0 aliphatic carbocycles. The van der Waals surface area contributed by atoms with Crippen LogP contribution in [0, 0.1) is 5.92 Å². The number of carbonyl (C=O) groups excluding carboxylic acids is 1. The van der Waals surface area contributed by atoms with E-state index < -0.39 is 0 Å². The van der Waals surface area contributed by atoms with Crippen LogP contribution in [-0.2, 0) is 11.8 Å². The molecular weight excluding hydrogens is 389 g/mol. The first-order chi connectivity index (χ1) is 12.2. The van der Waals surface area contributed by atoms with Gasteiger partial charge >= 0.3 is 0 Å². The summed E-state index contributed by atoms with van der Waals surface area (Å²) in [7, 11) is 1.88. The average Bonchev–Trinajstić information content (AvgIpc) is 3.36. The number of anilines is 1. The number of nitrogens with one attached hydrogen (secondary N) is 2. The molecule has 1 aliphatic rings. The minimum Gasteiger partial charge on any atom is -0.323 e. The highest BCUT2D eigenvalue weighted by molar-refractivity contribution is 5.95. The molecule has 1 saturated heterocycles. The van der Waals surface area contributed by atoms with E-state index in [9.17, 15) is 4.79 Å². The fraction of sp³-hybridized carbons (Fsp3) is 0.294. The Labute approximate surface area is 169 Å². The number of halogens is 2. The molecule has 8 nitrogen and oxygen atoms in total. The zero-order valence-corrected chi connectivity index (χ0v) is 16.3. The Morgan fingerprint density at radius 3 is 2.78 bits per heavy atom. The van der Waals surface area contributed by atoms with E-state index in [1.54, 1.807) is 34.0 Å². The molecule has 2 N–H and O–H groups in total. The van der Waals surface area contributed by atoms with Crippen molar-refractivity contribution < 1.29 is 4.79 Å². The van der Waals surface area contributed by atoms with Gasteiger partial charge in [-0.2, -0.15) is 10.2 Å². The summed E-state index contributed by atoms with van der Waals surface area (Å²) in [6.45, 7) is 1.41. The van der Waals surface area contributed by atoms with Crippen LogP contribution in [0.4, 0.5) is 5.69 Å². The molecule has 2 atom stereocenters. The molecule has 0 aromatic carbocycles. The quantitative estimate of drug-likeness (QED) is 0.685. The van der Waals surface area contributed by atoms with E-state index >= 15 is 0 Å². The molecule has 27 heavy (non-hydrogen) atoms. The van der Waals surface area contributed by atoms with Gasteiger partial charge in [0.25, 0.3) is 0 Å². The van der Waals surface area contributed by atoms with Crippen LogP contribution in [0.3, 0.4) is 0 Å². The number of nitrogens with zero attached hydrogens (tertiary/aromatic N) is 5. The van der Waals surface area contributed by atoms with Crippen molar-refractivity contribution in [1.82, 2.24) is 29.9 Å². The molecule has 10 heteroatoms. The molecule has 0 bridgehead atoms. The van der Waals surface area contributed by atoms with E-state index in [4.69, 9.17) is 0 Å². The number of aryl methyl sites for hydroxylation is 1. The van der Waals surface area contributed by atoms with E-state index in [0.29, 0.717) is 18.1 Å². The van der Waals surface area contributed by atoms with Crippen molar-refractivity contribution in [3.63, 3.8) is 0 Å². The van der Waals surface area contributed by atoms with Crippen molar-refractivity contribution in [2.75, 3.05) is 18.4 Å². The fourth-order valence-corrected chi connectivity index (χ4v) is 3.23. The summed E-state index contributed by atoms with van der Waals surface area (Å²) in [6.07, 6.45) is 8.96. The highest BCUT2D eigenvalue weighted by Crippen LogP contribution is 2.29. The molecule has 144 valence electrons. The molecule has 0 saturated carbocycles. The predicted molar refractivity (Wildman–Crippen MR) is 107 cm³/mol. The molecule has 0 radical (unpaired) electrons. The summed E-state index contributed by atoms with van der Waals surface area (Å²) in [5.41, 5.74) is 1.72. The Bertz CT molecular complexity index is 881. The van der Waals surface area contributed by atoms with Crippen LogP contribution in [0.5, 0.6) is 0 Å². The summed E-state index contributed by atoms with van der Waals surface area (Å²) >= 11 is 0. The number of carbonyl (C=O) groups is 1. The van der Waals surface area contributed by atoms with Crippen LogP contribution >= 0.6 is 24.8 Å². The van der Waals surface area contributed by atoms with E-state index in [1.807, 2.05) is 31.6 Å². The fourth-order valence-electron chi connectivity index (χ4n) is 3.23. The van der Waals surface area contributed by atoms with Gasteiger partial charge in [-0.05, 0) is 23.8 Å². The summed E-state index contributed by atoms with van der Waals surface area (Å²) < 4.78 is 3.40. The van der Waals surface area contributed by atoms with Crippen molar-refractivity contribution in [2.24, 2.45) is 13.0 Å². The Kier molecular flexibility index (Phi) is 6.95. The van der Waals surface area contributed by atoms with Crippen LogP contribution < -0.4 is 10.6 Å². The van der Waals surface area contributed by atoms with Gasteiger partial charge in [0.05, 0.1) is 17.8 Å². The van der Waals surface area contributed by atoms with Crippen molar-refractivity contribution in [1.29, 1.82) is 0 Å². The molecule has 4 heterocycles. The van der Waals surface area contributed by atoms with Crippen molar-refractivity contribution in [3.05, 3.63) is 54.7 Å². The van der Waals surface area contributed by atoms with Crippen molar-refractivity contribution in [3.8, 4) is 5.82 Å². The van der Waals surface area contributed by atoms with Gasteiger partial charge < -0.3 is 10.6 Å². The van der Waals surface area contributed by atoms with E-state index in [-0.39, 0.29) is 42.6 Å². The minimum atomic E-state index is -0.158. The van der Waals surface area contributed by atoms with Gasteiger partial charge in [0.15, 0.2) is 5.82 Å². The second-order valence-electron chi connectivity index (χ2n) is 6.13. The number of pyridine rings is 1. The van der Waals surface area contributed by atoms with E-state index in [1.165, 1.54) is 0 Å². The maximum atomic E-state index is 12.9. The number of hydrogen-bond donors (Lipinski definition) is 2. The maximum Gasteiger partial charge on any atom is 0.229 e. The number of aromatic nitrogens is 5. The normalized spacial score (nSPS) is 18.4. The Morgan fingerprint density at radius 2 is 2.07 bits per heavy atom. The summed E-state index contributed by atoms with van der Waals surface area (Å²) in [5.74, 6) is 0.526. The van der Waals surface area contributed by atoms with Gasteiger partial charge in [0.2, 0.25) is 5.91 Å². The zero-order chi connectivity index (χ0) is 17.2. The van der Waals surface area contributed by atoms with Crippen LogP contribution in [0.2, 0.25) is 0 Å². The highest BCUT2D eigenvalue weighted by Gasteiger charge is 2.35. The Hall–Kier alpha value is -2.42. The third-order valence-corrected chi connectivity index (χ3v) is 4.47. The maximum absolute atomic E-state index is 12.9. The third kappa shape index (κ3) is 4.29. The van der Waals surface area contributed by atoms with E-state index in [2.05, 4.69) is 25.8 Å². The standard InChI is InChI=1S/C17H19N7O.2ClH/c1-23-11-12(8-21-23)13-9-18-10-14(13)17(25)22-15-4-2-5-19-16(15)24-7-3-6-20-24;;/h2-8,11,13-14,18H,9-10H2,1H3,(H,22,25);2*1H/t13-,14+;;/m1../s1. The molecule has 0 unspecified atom stereocenters. The van der Waals surface area contributed by atoms with Crippen molar-refractivity contribution >= 4 is 36.4 Å². The first-order valence-corrected chi connectivity index (χ1v) is 8.17. The van der Waals surface area contributed by atoms with Crippen LogP contribution in [0.15, 0.2) is 49.2 Å².